The maximum absolute atomic E-state index is 11.7. The summed E-state index contributed by atoms with van der Waals surface area (Å²) in [5, 5.41) is 3.93. The van der Waals surface area contributed by atoms with Gasteiger partial charge in [-0.15, -0.1) is 0 Å². The SMILES string of the molecule is CCOc1c(Br)cc(/C=N\NC(=O)c2ccc[nH]2)cc1OC. The topological polar surface area (TPSA) is 75.7 Å². The van der Waals surface area contributed by atoms with Crippen molar-refractivity contribution < 1.29 is 14.3 Å². The van der Waals surface area contributed by atoms with Crippen molar-refractivity contribution in [3.63, 3.8) is 0 Å². The molecular formula is C15H16BrN3O3. The fraction of sp³-hybridized carbons (Fsp3) is 0.200. The second-order valence-electron chi connectivity index (χ2n) is 4.25. The molecule has 0 aliphatic carbocycles. The molecule has 2 rings (SSSR count). The summed E-state index contributed by atoms with van der Waals surface area (Å²) < 4.78 is 11.6. The number of amides is 1. The first-order valence-corrected chi connectivity index (χ1v) is 7.42. The van der Waals surface area contributed by atoms with E-state index in [1.54, 1.807) is 31.5 Å². The van der Waals surface area contributed by atoms with Crippen molar-refractivity contribution in [2.24, 2.45) is 5.10 Å². The first-order valence-electron chi connectivity index (χ1n) is 6.62. The second-order valence-corrected chi connectivity index (χ2v) is 5.10. The van der Waals surface area contributed by atoms with Crippen LogP contribution in [0.1, 0.15) is 23.0 Å². The molecule has 0 bridgehead atoms. The Morgan fingerprint density at radius 3 is 2.95 bits per heavy atom. The molecule has 1 amide bonds. The van der Waals surface area contributed by atoms with Crippen LogP contribution in [0.5, 0.6) is 11.5 Å². The van der Waals surface area contributed by atoms with Gasteiger partial charge < -0.3 is 14.5 Å². The number of H-pyrrole nitrogens is 1. The van der Waals surface area contributed by atoms with Crippen LogP contribution in [0.25, 0.3) is 0 Å². The number of carbonyl (C=O) groups is 1. The van der Waals surface area contributed by atoms with Gasteiger partial charge in [0.25, 0.3) is 5.91 Å². The van der Waals surface area contributed by atoms with Crippen molar-refractivity contribution in [1.82, 2.24) is 10.4 Å². The molecule has 116 valence electrons. The normalized spacial score (nSPS) is 10.7. The number of ether oxygens (including phenoxy) is 2. The highest BCUT2D eigenvalue weighted by molar-refractivity contribution is 9.10. The quantitative estimate of drug-likeness (QED) is 0.610. The first kappa shape index (κ1) is 16.1. The molecule has 0 fully saturated rings. The summed E-state index contributed by atoms with van der Waals surface area (Å²) >= 11 is 3.43. The summed E-state index contributed by atoms with van der Waals surface area (Å²) in [5.41, 5.74) is 3.65. The molecule has 2 aromatic rings. The standard InChI is InChI=1S/C15H16BrN3O3/c1-3-22-14-11(16)7-10(8-13(14)21-2)9-18-19-15(20)12-5-4-6-17-12/h4-9,17H,3H2,1-2H3,(H,19,20)/b18-9-. The third-order valence-corrected chi connectivity index (χ3v) is 3.35. The summed E-state index contributed by atoms with van der Waals surface area (Å²) in [6.45, 7) is 2.44. The summed E-state index contributed by atoms with van der Waals surface area (Å²) in [4.78, 5) is 14.5. The third kappa shape index (κ3) is 3.88. The molecule has 0 unspecified atom stereocenters. The summed E-state index contributed by atoms with van der Waals surface area (Å²) in [5.74, 6) is 0.921. The molecule has 0 aliphatic heterocycles. The molecular weight excluding hydrogens is 350 g/mol. The lowest BCUT2D eigenvalue weighted by atomic mass is 10.2. The average Bonchev–Trinajstić information content (AvgIpc) is 3.04. The highest BCUT2D eigenvalue weighted by Gasteiger charge is 2.10. The lowest BCUT2D eigenvalue weighted by Crippen LogP contribution is -2.17. The van der Waals surface area contributed by atoms with Crippen LogP contribution in [0.2, 0.25) is 0 Å². The molecule has 1 aromatic carbocycles. The Bertz CT molecular complexity index is 669. The molecule has 0 saturated heterocycles. The predicted octanol–water partition coefficient (Wildman–Crippen LogP) is 2.95. The zero-order valence-electron chi connectivity index (χ0n) is 12.2. The van der Waals surface area contributed by atoms with Gasteiger partial charge in [0.1, 0.15) is 5.69 Å². The third-order valence-electron chi connectivity index (χ3n) is 2.76. The first-order chi connectivity index (χ1) is 10.7. The number of hydrazone groups is 1. The van der Waals surface area contributed by atoms with E-state index in [1.807, 2.05) is 13.0 Å². The minimum absolute atomic E-state index is 0.307. The van der Waals surface area contributed by atoms with Crippen molar-refractivity contribution in [2.75, 3.05) is 13.7 Å². The van der Waals surface area contributed by atoms with Crippen LogP contribution in [0.4, 0.5) is 0 Å². The number of hydrogen-bond donors (Lipinski definition) is 2. The van der Waals surface area contributed by atoms with E-state index in [0.717, 1.165) is 10.0 Å². The Morgan fingerprint density at radius 1 is 1.50 bits per heavy atom. The van der Waals surface area contributed by atoms with Crippen LogP contribution in [0.15, 0.2) is 40.0 Å². The van der Waals surface area contributed by atoms with Crippen LogP contribution in [0.3, 0.4) is 0 Å². The van der Waals surface area contributed by atoms with Crippen LogP contribution in [-0.4, -0.2) is 30.8 Å². The summed E-state index contributed by atoms with van der Waals surface area (Å²) in [6, 6.07) is 7.02. The molecule has 2 N–H and O–H groups in total. The van der Waals surface area contributed by atoms with E-state index in [4.69, 9.17) is 9.47 Å². The highest BCUT2D eigenvalue weighted by atomic mass is 79.9. The van der Waals surface area contributed by atoms with Gasteiger partial charge in [0.15, 0.2) is 11.5 Å². The summed E-state index contributed by atoms with van der Waals surface area (Å²) in [7, 11) is 1.57. The molecule has 7 heteroatoms. The smallest absolute Gasteiger partial charge is 0.287 e. The van der Waals surface area contributed by atoms with Gasteiger partial charge >= 0.3 is 0 Å². The Kier molecular flexibility index (Phi) is 5.60. The number of aromatic amines is 1. The number of halogens is 1. The van der Waals surface area contributed by atoms with Gasteiger partial charge in [-0.2, -0.15) is 5.10 Å². The largest absolute Gasteiger partial charge is 0.493 e. The number of benzene rings is 1. The van der Waals surface area contributed by atoms with Gasteiger partial charge in [-0.05, 0) is 52.7 Å². The van der Waals surface area contributed by atoms with Gasteiger partial charge in [-0.1, -0.05) is 0 Å². The predicted molar refractivity (Wildman–Crippen MR) is 87.7 cm³/mol. The summed E-state index contributed by atoms with van der Waals surface area (Å²) in [6.07, 6.45) is 3.21. The molecule has 22 heavy (non-hydrogen) atoms. The lowest BCUT2D eigenvalue weighted by molar-refractivity contribution is 0.0951. The van der Waals surface area contributed by atoms with Gasteiger partial charge in [0.2, 0.25) is 0 Å². The van der Waals surface area contributed by atoms with E-state index in [2.05, 4.69) is 31.4 Å². The zero-order chi connectivity index (χ0) is 15.9. The van der Waals surface area contributed by atoms with E-state index in [9.17, 15) is 4.79 Å². The maximum Gasteiger partial charge on any atom is 0.287 e. The Hall–Kier alpha value is -2.28. The van der Waals surface area contributed by atoms with Gasteiger partial charge in [0.05, 0.1) is 24.4 Å². The minimum atomic E-state index is -0.307. The fourth-order valence-corrected chi connectivity index (χ4v) is 2.37. The van der Waals surface area contributed by atoms with Crippen molar-refractivity contribution >= 4 is 28.1 Å². The minimum Gasteiger partial charge on any atom is -0.493 e. The zero-order valence-corrected chi connectivity index (χ0v) is 13.8. The van der Waals surface area contributed by atoms with Gasteiger partial charge in [0, 0.05) is 6.20 Å². The van der Waals surface area contributed by atoms with Crippen molar-refractivity contribution in [1.29, 1.82) is 0 Å². The highest BCUT2D eigenvalue weighted by Crippen LogP contribution is 2.36. The molecule has 1 aromatic heterocycles. The van der Waals surface area contributed by atoms with Crippen molar-refractivity contribution in [2.45, 2.75) is 6.92 Å². The van der Waals surface area contributed by atoms with E-state index in [-0.39, 0.29) is 5.91 Å². The van der Waals surface area contributed by atoms with Gasteiger partial charge in [-0.25, -0.2) is 5.43 Å². The van der Waals surface area contributed by atoms with E-state index >= 15 is 0 Å². The molecule has 0 saturated carbocycles. The molecule has 0 atom stereocenters. The number of methoxy groups -OCH3 is 1. The van der Waals surface area contributed by atoms with Crippen molar-refractivity contribution in [3.05, 3.63) is 46.2 Å². The van der Waals surface area contributed by atoms with E-state index in [1.165, 1.54) is 6.21 Å². The Labute approximate surface area is 136 Å². The fourth-order valence-electron chi connectivity index (χ4n) is 1.80. The van der Waals surface area contributed by atoms with Crippen LogP contribution < -0.4 is 14.9 Å². The number of hydrogen-bond acceptors (Lipinski definition) is 4. The average molecular weight is 366 g/mol. The maximum atomic E-state index is 11.7. The van der Waals surface area contributed by atoms with Crippen molar-refractivity contribution in [3.8, 4) is 11.5 Å². The van der Waals surface area contributed by atoms with E-state index in [0.29, 0.717) is 23.8 Å². The Morgan fingerprint density at radius 2 is 2.32 bits per heavy atom. The lowest BCUT2D eigenvalue weighted by Gasteiger charge is -2.11. The van der Waals surface area contributed by atoms with E-state index < -0.39 is 0 Å². The molecule has 0 aliphatic rings. The monoisotopic (exact) mass is 365 g/mol. The molecule has 1 heterocycles. The Balaban J connectivity index is 2.11. The number of rotatable bonds is 6. The molecule has 6 nitrogen and oxygen atoms in total. The van der Waals surface area contributed by atoms with Gasteiger partial charge in [-0.3, -0.25) is 4.79 Å². The number of carbonyl (C=O) groups excluding carboxylic acids is 1. The second kappa shape index (κ2) is 7.65. The number of aromatic nitrogens is 1. The van der Waals surface area contributed by atoms with Crippen LogP contribution >= 0.6 is 15.9 Å². The molecule has 0 spiro atoms. The number of nitrogens with zero attached hydrogens (tertiary/aromatic N) is 1. The van der Waals surface area contributed by atoms with Crippen LogP contribution in [-0.2, 0) is 0 Å². The number of nitrogens with one attached hydrogen (secondary N) is 2. The molecule has 0 radical (unpaired) electrons. The van der Waals surface area contributed by atoms with Crippen LogP contribution in [0, 0.1) is 0 Å².